The Morgan fingerprint density at radius 3 is 1.89 bits per heavy atom. The molecule has 0 aromatic carbocycles. The van der Waals surface area contributed by atoms with Crippen LogP contribution in [0.4, 0.5) is 0 Å². The summed E-state index contributed by atoms with van der Waals surface area (Å²) in [5.41, 5.74) is 0.484. The first kappa shape index (κ1) is 9.18. The Hall–Kier alpha value is 0.177. The molecule has 2 heteroatoms. The van der Waals surface area contributed by atoms with E-state index in [0.717, 1.165) is 0 Å². The summed E-state index contributed by atoms with van der Waals surface area (Å²) in [7, 11) is 1.20. The zero-order valence-corrected chi connectivity index (χ0v) is 9.36. The Morgan fingerprint density at radius 2 is 1.78 bits per heavy atom. The van der Waals surface area contributed by atoms with E-state index in [2.05, 4.69) is 32.3 Å². The quantitative estimate of drug-likeness (QED) is 0.515. The van der Waals surface area contributed by atoms with Crippen LogP contribution in [0.15, 0.2) is 0 Å². The van der Waals surface area contributed by atoms with Gasteiger partial charge >= 0.3 is 0 Å². The maximum Gasteiger partial charge on any atom is 0.0784 e. The summed E-state index contributed by atoms with van der Waals surface area (Å²) in [6.07, 6.45) is 0. The van der Waals surface area contributed by atoms with Crippen molar-refractivity contribution in [1.82, 2.24) is 4.57 Å². The molecule has 0 radical (unpaired) electrons. The highest BCUT2D eigenvalue weighted by molar-refractivity contribution is 6.04. The monoisotopic (exact) mass is 145 g/mol. The molecule has 0 N–H and O–H groups in total. The normalized spacial score (nSPS) is 13.0. The molecule has 1 nitrogen and oxygen atoms in total. The molecule has 9 heavy (non-hydrogen) atoms. The SMILES string of the molecule is CCN([SiH3])CC(C)(C)C. The Morgan fingerprint density at radius 1 is 1.33 bits per heavy atom. The van der Waals surface area contributed by atoms with E-state index in [4.69, 9.17) is 0 Å². The standard InChI is InChI=1S/C7H19NSi/c1-5-8(9)6-7(2,3)4/h5-6H2,1-4,9H3. The molecule has 0 aromatic rings. The predicted molar refractivity (Wildman–Crippen MR) is 46.6 cm³/mol. The van der Waals surface area contributed by atoms with Crippen LogP contribution in [0.2, 0.25) is 0 Å². The molecule has 0 unspecified atom stereocenters. The van der Waals surface area contributed by atoms with Crippen molar-refractivity contribution in [2.24, 2.45) is 5.41 Å². The van der Waals surface area contributed by atoms with Gasteiger partial charge in [0.25, 0.3) is 0 Å². The zero-order chi connectivity index (χ0) is 7.49. The largest absolute Gasteiger partial charge is 0.332 e. The van der Waals surface area contributed by atoms with Crippen LogP contribution in [-0.2, 0) is 0 Å². The van der Waals surface area contributed by atoms with Gasteiger partial charge in [-0.2, -0.15) is 0 Å². The first-order chi connectivity index (χ1) is 3.95. The number of hydrogen-bond acceptors (Lipinski definition) is 1. The molecule has 0 saturated heterocycles. The third-order valence-corrected chi connectivity index (χ3v) is 2.23. The van der Waals surface area contributed by atoms with E-state index in [1.54, 1.807) is 0 Å². The Kier molecular flexibility index (Phi) is 3.44. The molecule has 0 heterocycles. The fourth-order valence-corrected chi connectivity index (χ4v) is 1.87. The van der Waals surface area contributed by atoms with Crippen LogP contribution in [0.1, 0.15) is 27.7 Å². The topological polar surface area (TPSA) is 3.24 Å². The van der Waals surface area contributed by atoms with Crippen molar-refractivity contribution in [3.8, 4) is 0 Å². The van der Waals surface area contributed by atoms with Gasteiger partial charge in [-0.05, 0) is 18.5 Å². The Labute approximate surface area is 61.9 Å². The molecule has 0 atom stereocenters. The van der Waals surface area contributed by atoms with Gasteiger partial charge in [-0.1, -0.05) is 27.7 Å². The van der Waals surface area contributed by atoms with Crippen molar-refractivity contribution in [3.05, 3.63) is 0 Å². The van der Waals surface area contributed by atoms with Crippen molar-refractivity contribution < 1.29 is 0 Å². The minimum Gasteiger partial charge on any atom is -0.332 e. The third-order valence-electron chi connectivity index (χ3n) is 1.28. The average molecular weight is 145 g/mol. The van der Waals surface area contributed by atoms with E-state index in [9.17, 15) is 0 Å². The van der Waals surface area contributed by atoms with Crippen LogP contribution in [0, 0.1) is 5.41 Å². The van der Waals surface area contributed by atoms with Crippen LogP contribution < -0.4 is 0 Å². The van der Waals surface area contributed by atoms with Gasteiger partial charge in [0.15, 0.2) is 0 Å². The minimum atomic E-state index is 0.484. The second-order valence-corrected chi connectivity index (χ2v) is 5.16. The molecular weight excluding hydrogens is 126 g/mol. The molecule has 0 aliphatic heterocycles. The molecular formula is C7H19NSi. The molecule has 56 valence electrons. The van der Waals surface area contributed by atoms with Gasteiger partial charge in [-0.15, -0.1) is 0 Å². The van der Waals surface area contributed by atoms with Crippen molar-refractivity contribution in [2.45, 2.75) is 27.7 Å². The summed E-state index contributed by atoms with van der Waals surface area (Å²) >= 11 is 0. The second-order valence-electron chi connectivity index (χ2n) is 3.89. The van der Waals surface area contributed by atoms with Gasteiger partial charge in [0.05, 0.1) is 10.4 Å². The highest BCUT2D eigenvalue weighted by atomic mass is 28.2. The summed E-state index contributed by atoms with van der Waals surface area (Å²) in [4.78, 5) is 0. The molecule has 0 aliphatic rings. The van der Waals surface area contributed by atoms with Crippen molar-refractivity contribution >= 4 is 10.4 Å². The van der Waals surface area contributed by atoms with Gasteiger partial charge < -0.3 is 4.57 Å². The fourth-order valence-electron chi connectivity index (χ4n) is 0.922. The van der Waals surface area contributed by atoms with Crippen LogP contribution in [0.5, 0.6) is 0 Å². The van der Waals surface area contributed by atoms with E-state index in [-0.39, 0.29) is 0 Å². The van der Waals surface area contributed by atoms with Gasteiger partial charge in [0, 0.05) is 0 Å². The molecule has 0 bridgehead atoms. The Balaban J connectivity index is 3.47. The van der Waals surface area contributed by atoms with Crippen LogP contribution in [0.25, 0.3) is 0 Å². The summed E-state index contributed by atoms with van der Waals surface area (Å²) in [5, 5.41) is 0. The lowest BCUT2D eigenvalue weighted by atomic mass is 9.97. The minimum absolute atomic E-state index is 0.484. The smallest absolute Gasteiger partial charge is 0.0784 e. The lowest BCUT2D eigenvalue weighted by Gasteiger charge is -2.25. The lowest BCUT2D eigenvalue weighted by molar-refractivity contribution is 0.299. The zero-order valence-electron chi connectivity index (χ0n) is 7.36. The van der Waals surface area contributed by atoms with E-state index in [0.29, 0.717) is 5.41 Å². The molecule has 0 rings (SSSR count). The van der Waals surface area contributed by atoms with Crippen molar-refractivity contribution in [1.29, 1.82) is 0 Å². The predicted octanol–water partition coefficient (Wildman–Crippen LogP) is 0.635. The van der Waals surface area contributed by atoms with Crippen molar-refractivity contribution in [3.63, 3.8) is 0 Å². The maximum absolute atomic E-state index is 2.47. The first-order valence-corrected chi connectivity index (χ1v) is 4.53. The van der Waals surface area contributed by atoms with Crippen LogP contribution >= 0.6 is 0 Å². The molecule has 0 fully saturated rings. The molecule has 0 saturated carbocycles. The highest BCUT2D eigenvalue weighted by Crippen LogP contribution is 2.13. The molecule has 0 aromatic heterocycles. The third kappa shape index (κ3) is 6.06. The first-order valence-electron chi connectivity index (χ1n) is 3.64. The van der Waals surface area contributed by atoms with E-state index in [1.165, 1.54) is 23.5 Å². The fraction of sp³-hybridized carbons (Fsp3) is 1.00. The number of hydrogen-bond donors (Lipinski definition) is 0. The van der Waals surface area contributed by atoms with E-state index in [1.807, 2.05) is 0 Å². The second kappa shape index (κ2) is 3.37. The molecule has 0 spiro atoms. The molecule has 0 aliphatic carbocycles. The van der Waals surface area contributed by atoms with Crippen LogP contribution in [0.3, 0.4) is 0 Å². The highest BCUT2D eigenvalue weighted by Gasteiger charge is 2.11. The van der Waals surface area contributed by atoms with Gasteiger partial charge in [-0.25, -0.2) is 0 Å². The van der Waals surface area contributed by atoms with Gasteiger partial charge in [0.2, 0.25) is 0 Å². The van der Waals surface area contributed by atoms with Gasteiger partial charge in [0.1, 0.15) is 0 Å². The number of nitrogens with zero attached hydrogens (tertiary/aromatic N) is 1. The van der Waals surface area contributed by atoms with Crippen molar-refractivity contribution in [2.75, 3.05) is 13.1 Å². The van der Waals surface area contributed by atoms with E-state index < -0.39 is 0 Å². The summed E-state index contributed by atoms with van der Waals surface area (Å²) < 4.78 is 2.47. The van der Waals surface area contributed by atoms with Gasteiger partial charge in [-0.3, -0.25) is 0 Å². The Bertz CT molecular complexity index is 75.5. The summed E-state index contributed by atoms with van der Waals surface area (Å²) in [5.74, 6) is 0. The number of rotatable bonds is 2. The summed E-state index contributed by atoms with van der Waals surface area (Å²) in [6.45, 7) is 11.5. The summed E-state index contributed by atoms with van der Waals surface area (Å²) in [6, 6.07) is 0. The lowest BCUT2D eigenvalue weighted by Crippen LogP contribution is -2.30. The van der Waals surface area contributed by atoms with Crippen LogP contribution in [-0.4, -0.2) is 28.1 Å². The molecule has 0 amide bonds. The average Bonchev–Trinajstić information content (AvgIpc) is 1.62. The maximum atomic E-state index is 2.47. The van der Waals surface area contributed by atoms with E-state index >= 15 is 0 Å².